The summed E-state index contributed by atoms with van der Waals surface area (Å²) in [6.07, 6.45) is 3.04. The van der Waals surface area contributed by atoms with Crippen molar-refractivity contribution in [3.05, 3.63) is 24.1 Å². The minimum atomic E-state index is -0.626. The molecule has 0 bridgehead atoms. The molecule has 0 spiro atoms. The van der Waals surface area contributed by atoms with E-state index < -0.39 is 5.60 Å². The number of nitrogens with zero attached hydrogens (tertiary/aromatic N) is 4. The van der Waals surface area contributed by atoms with Crippen LogP contribution < -0.4 is 4.90 Å². The molecule has 3 heterocycles. The third-order valence-electron chi connectivity index (χ3n) is 4.94. The van der Waals surface area contributed by atoms with Crippen LogP contribution in [0.3, 0.4) is 0 Å². The summed E-state index contributed by atoms with van der Waals surface area (Å²) < 4.78 is 11.1. The summed E-state index contributed by atoms with van der Waals surface area (Å²) in [5.74, 6) is 1.33. The molecule has 2 aromatic rings. The Bertz CT molecular complexity index is 720. The van der Waals surface area contributed by atoms with Crippen molar-refractivity contribution < 1.29 is 13.9 Å². The minimum absolute atomic E-state index is 0.276. The predicted octanol–water partition coefficient (Wildman–Crippen LogP) is 2.48. The molecule has 1 N–H and O–H groups in total. The van der Waals surface area contributed by atoms with Gasteiger partial charge in [-0.2, -0.15) is 10.2 Å². The molecule has 3 rings (SSSR count). The number of hydrogen-bond donors (Lipinski definition) is 1. The fraction of sp³-hybridized carbons (Fsp3) is 0.556. The van der Waals surface area contributed by atoms with Crippen LogP contribution >= 0.6 is 0 Å². The normalized spacial score (nSPS) is 16.2. The van der Waals surface area contributed by atoms with Gasteiger partial charge < -0.3 is 18.8 Å². The van der Waals surface area contributed by atoms with E-state index in [1.165, 1.54) is 0 Å². The van der Waals surface area contributed by atoms with Gasteiger partial charge in [-0.05, 0) is 25.0 Å². The highest BCUT2D eigenvalue weighted by Gasteiger charge is 2.30. The maximum Gasteiger partial charge on any atom is 0.266 e. The molecule has 1 fully saturated rings. The van der Waals surface area contributed by atoms with Gasteiger partial charge in [0.25, 0.3) is 5.89 Å². The Morgan fingerprint density at radius 1 is 1.28 bits per heavy atom. The Labute approximate surface area is 147 Å². The van der Waals surface area contributed by atoms with Crippen LogP contribution in [0.15, 0.2) is 27.2 Å². The van der Waals surface area contributed by atoms with Crippen molar-refractivity contribution in [2.24, 2.45) is 0 Å². The molecular weight excluding hydrogens is 320 g/mol. The van der Waals surface area contributed by atoms with E-state index >= 15 is 0 Å². The maximum absolute atomic E-state index is 10.5. The second kappa shape index (κ2) is 7.30. The fourth-order valence-corrected chi connectivity index (χ4v) is 3.10. The van der Waals surface area contributed by atoms with Gasteiger partial charge in [-0.25, -0.2) is 0 Å². The molecule has 0 atom stereocenters. The van der Waals surface area contributed by atoms with Gasteiger partial charge in [0, 0.05) is 32.7 Å². The lowest BCUT2D eigenvalue weighted by atomic mass is 9.96. The summed E-state index contributed by atoms with van der Waals surface area (Å²) in [5.41, 5.74) is -0.350. The predicted molar refractivity (Wildman–Crippen MR) is 93.1 cm³/mol. The van der Waals surface area contributed by atoms with Crippen LogP contribution in [0.1, 0.15) is 32.4 Å². The second-order valence-electron chi connectivity index (χ2n) is 6.46. The lowest BCUT2D eigenvalue weighted by molar-refractivity contribution is -0.00468. The molecule has 134 valence electrons. The lowest BCUT2D eigenvalue weighted by Gasteiger charge is -2.38. The van der Waals surface area contributed by atoms with Gasteiger partial charge in [0.1, 0.15) is 6.07 Å². The fourth-order valence-electron chi connectivity index (χ4n) is 3.10. The van der Waals surface area contributed by atoms with E-state index in [4.69, 9.17) is 8.83 Å². The van der Waals surface area contributed by atoms with E-state index in [1.807, 2.05) is 18.7 Å². The molecule has 0 saturated carbocycles. The Hall–Kier alpha value is -2.30. The average molecular weight is 344 g/mol. The monoisotopic (exact) mass is 344 g/mol. The number of β-amino-alcohol motifs (C(OH)–C–C–N with tert-alkyl or cyclic N) is 1. The quantitative estimate of drug-likeness (QED) is 0.861. The molecule has 0 amide bonds. The van der Waals surface area contributed by atoms with Gasteiger partial charge >= 0.3 is 0 Å². The second-order valence-corrected chi connectivity index (χ2v) is 6.46. The summed E-state index contributed by atoms with van der Waals surface area (Å²) in [5, 5.41) is 19.9. The number of nitriles is 1. The van der Waals surface area contributed by atoms with E-state index in [0.29, 0.717) is 24.1 Å². The van der Waals surface area contributed by atoms with E-state index in [2.05, 4.69) is 16.0 Å². The molecule has 2 aromatic heterocycles. The molecule has 1 saturated heterocycles. The van der Waals surface area contributed by atoms with Crippen molar-refractivity contribution in [1.29, 1.82) is 5.26 Å². The van der Waals surface area contributed by atoms with Gasteiger partial charge in [0.15, 0.2) is 5.76 Å². The van der Waals surface area contributed by atoms with Gasteiger partial charge in [0.2, 0.25) is 11.6 Å². The number of oxazole rings is 1. The van der Waals surface area contributed by atoms with Gasteiger partial charge in [-0.3, -0.25) is 4.90 Å². The Morgan fingerprint density at radius 2 is 2.00 bits per heavy atom. The van der Waals surface area contributed by atoms with Crippen molar-refractivity contribution in [2.45, 2.75) is 32.3 Å². The van der Waals surface area contributed by atoms with E-state index in [-0.39, 0.29) is 5.69 Å². The number of piperazine rings is 1. The molecule has 25 heavy (non-hydrogen) atoms. The van der Waals surface area contributed by atoms with E-state index in [0.717, 1.165) is 39.0 Å². The molecule has 7 heteroatoms. The molecule has 0 aliphatic carbocycles. The maximum atomic E-state index is 10.5. The number of aromatic nitrogens is 1. The smallest absolute Gasteiger partial charge is 0.266 e. The SMILES string of the molecule is CCC(O)(CC)CN1CCN(c2oc(-c3ccco3)nc2C#N)CC1. The highest BCUT2D eigenvalue weighted by Crippen LogP contribution is 2.29. The van der Waals surface area contributed by atoms with Crippen LogP contribution in [0.25, 0.3) is 11.7 Å². The summed E-state index contributed by atoms with van der Waals surface area (Å²) >= 11 is 0. The van der Waals surface area contributed by atoms with Gasteiger partial charge in [-0.15, -0.1) is 0 Å². The standard InChI is InChI=1S/C18H24N4O3/c1-3-18(23,4-2)13-21-7-9-22(10-8-21)17-14(12-19)20-16(25-17)15-6-5-11-24-15/h5-6,11,23H,3-4,7-10,13H2,1-2H3. The Balaban J connectivity index is 1.68. The topological polar surface area (TPSA) is 89.7 Å². The third kappa shape index (κ3) is 3.70. The zero-order valence-electron chi connectivity index (χ0n) is 14.7. The molecule has 1 aliphatic rings. The first-order chi connectivity index (χ1) is 12.1. The highest BCUT2D eigenvalue weighted by atomic mass is 16.4. The van der Waals surface area contributed by atoms with Crippen molar-refractivity contribution in [1.82, 2.24) is 9.88 Å². The van der Waals surface area contributed by atoms with Crippen LogP contribution in [-0.2, 0) is 0 Å². The van der Waals surface area contributed by atoms with Crippen LogP contribution in [0.2, 0.25) is 0 Å². The molecular formula is C18H24N4O3. The van der Waals surface area contributed by atoms with E-state index in [1.54, 1.807) is 18.4 Å². The third-order valence-corrected chi connectivity index (χ3v) is 4.94. The lowest BCUT2D eigenvalue weighted by Crippen LogP contribution is -2.51. The molecule has 0 radical (unpaired) electrons. The van der Waals surface area contributed by atoms with Crippen LogP contribution in [0.5, 0.6) is 0 Å². The molecule has 0 aromatic carbocycles. The van der Waals surface area contributed by atoms with Gasteiger partial charge in [-0.1, -0.05) is 13.8 Å². The van der Waals surface area contributed by atoms with Crippen molar-refractivity contribution in [2.75, 3.05) is 37.6 Å². The first-order valence-corrected chi connectivity index (χ1v) is 8.73. The van der Waals surface area contributed by atoms with E-state index in [9.17, 15) is 10.4 Å². The minimum Gasteiger partial charge on any atom is -0.459 e. The number of hydrogen-bond acceptors (Lipinski definition) is 7. The molecule has 7 nitrogen and oxygen atoms in total. The first kappa shape index (κ1) is 17.5. The zero-order valence-corrected chi connectivity index (χ0v) is 14.7. The van der Waals surface area contributed by atoms with Crippen molar-refractivity contribution in [3.63, 3.8) is 0 Å². The summed E-state index contributed by atoms with van der Waals surface area (Å²) in [6.45, 7) is 7.78. The largest absolute Gasteiger partial charge is 0.459 e. The van der Waals surface area contributed by atoms with Crippen molar-refractivity contribution in [3.8, 4) is 17.7 Å². The van der Waals surface area contributed by atoms with Crippen molar-refractivity contribution >= 4 is 5.88 Å². The number of anilines is 1. The zero-order chi connectivity index (χ0) is 17.9. The Kier molecular flexibility index (Phi) is 5.11. The highest BCUT2D eigenvalue weighted by molar-refractivity contribution is 5.55. The summed E-state index contributed by atoms with van der Waals surface area (Å²) in [6, 6.07) is 5.61. The first-order valence-electron chi connectivity index (χ1n) is 8.73. The van der Waals surface area contributed by atoms with Gasteiger partial charge in [0.05, 0.1) is 11.9 Å². The van der Waals surface area contributed by atoms with Crippen LogP contribution in [0, 0.1) is 11.3 Å². The summed E-state index contributed by atoms with van der Waals surface area (Å²) in [7, 11) is 0. The van der Waals surface area contributed by atoms with Crippen LogP contribution in [-0.4, -0.2) is 53.3 Å². The molecule has 0 unspecified atom stereocenters. The Morgan fingerprint density at radius 3 is 2.56 bits per heavy atom. The molecule has 1 aliphatic heterocycles. The van der Waals surface area contributed by atoms with Crippen LogP contribution in [0.4, 0.5) is 5.88 Å². The summed E-state index contributed by atoms with van der Waals surface area (Å²) in [4.78, 5) is 8.53. The number of aliphatic hydroxyl groups is 1. The average Bonchev–Trinajstić information content (AvgIpc) is 3.31. The number of rotatable bonds is 6. The number of furan rings is 1.